The summed E-state index contributed by atoms with van der Waals surface area (Å²) in [6.45, 7) is 0.563. The third-order valence-electron chi connectivity index (χ3n) is 5.03. The summed E-state index contributed by atoms with van der Waals surface area (Å²) in [5.41, 5.74) is 0. The van der Waals surface area contributed by atoms with Gasteiger partial charge in [0.05, 0.1) is 0 Å². The van der Waals surface area contributed by atoms with Gasteiger partial charge in [-0.1, -0.05) is 23.7 Å². The molecule has 27 heavy (non-hydrogen) atoms. The van der Waals surface area contributed by atoms with Crippen LogP contribution in [0.3, 0.4) is 0 Å². The molecule has 144 valence electrons. The Balaban J connectivity index is 1.39. The quantitative estimate of drug-likeness (QED) is 0.770. The average molecular weight is 427 g/mol. The third kappa shape index (κ3) is 3.99. The van der Waals surface area contributed by atoms with Gasteiger partial charge in [-0.15, -0.1) is 11.3 Å². The van der Waals surface area contributed by atoms with Crippen LogP contribution in [0, 0.1) is 5.92 Å². The number of amides is 1. The fourth-order valence-electron chi connectivity index (χ4n) is 3.90. The second-order valence-corrected chi connectivity index (χ2v) is 10.2. The van der Waals surface area contributed by atoms with Crippen LogP contribution in [0.25, 0.3) is 0 Å². The second kappa shape index (κ2) is 7.43. The van der Waals surface area contributed by atoms with Crippen molar-refractivity contribution in [2.45, 2.75) is 29.1 Å². The molecule has 1 saturated carbocycles. The molecule has 2 fully saturated rings. The number of nitrogens with one attached hydrogen (secondary N) is 1. The van der Waals surface area contributed by atoms with Crippen molar-refractivity contribution in [3.05, 3.63) is 46.8 Å². The van der Waals surface area contributed by atoms with Gasteiger partial charge in [0, 0.05) is 23.7 Å². The summed E-state index contributed by atoms with van der Waals surface area (Å²) in [4.78, 5) is 14.4. The van der Waals surface area contributed by atoms with Crippen molar-refractivity contribution < 1.29 is 17.9 Å². The summed E-state index contributed by atoms with van der Waals surface area (Å²) in [6, 6.07) is 9.81. The molecule has 9 heteroatoms. The molecule has 0 radical (unpaired) electrons. The van der Waals surface area contributed by atoms with E-state index in [4.69, 9.17) is 16.3 Å². The highest BCUT2D eigenvalue weighted by molar-refractivity contribution is 7.91. The van der Waals surface area contributed by atoms with E-state index >= 15 is 0 Å². The van der Waals surface area contributed by atoms with Crippen LogP contribution in [0.5, 0.6) is 5.75 Å². The number of sulfonamides is 1. The Labute approximate surface area is 167 Å². The van der Waals surface area contributed by atoms with E-state index in [0.717, 1.165) is 12.8 Å². The Morgan fingerprint density at radius 2 is 2.15 bits per heavy atom. The summed E-state index contributed by atoms with van der Waals surface area (Å²) >= 11 is 7.11. The van der Waals surface area contributed by atoms with Gasteiger partial charge in [-0.2, -0.15) is 0 Å². The molecular formula is C18H19ClN2O4S2. The number of fused-ring (bicyclic) bond motifs is 2. The standard InChI is InChI=1S/C18H19ClN2O4S2/c19-13-3-1-4-14(9-13)25-11-17(22)21-10-12-7-15(16(21)8-12)20-27(23,24)18-5-2-6-26-18/h1-6,9,12,15-16,20H,7-8,10-11H2. The maximum absolute atomic E-state index is 12.6. The van der Waals surface area contributed by atoms with E-state index in [9.17, 15) is 13.2 Å². The van der Waals surface area contributed by atoms with Crippen LogP contribution >= 0.6 is 22.9 Å². The van der Waals surface area contributed by atoms with Gasteiger partial charge in [0.2, 0.25) is 10.0 Å². The first kappa shape index (κ1) is 18.7. The minimum absolute atomic E-state index is 0.0893. The number of rotatable bonds is 6. The Kier molecular flexibility index (Phi) is 5.15. The lowest BCUT2D eigenvalue weighted by molar-refractivity contribution is -0.135. The summed E-state index contributed by atoms with van der Waals surface area (Å²) in [5.74, 6) is 0.721. The Bertz CT molecular complexity index is 933. The van der Waals surface area contributed by atoms with Crippen LogP contribution in [-0.2, 0) is 14.8 Å². The van der Waals surface area contributed by atoms with E-state index in [-0.39, 0.29) is 24.6 Å². The highest BCUT2D eigenvalue weighted by Gasteiger charge is 2.48. The Morgan fingerprint density at radius 3 is 2.85 bits per heavy atom. The molecule has 1 aliphatic carbocycles. The lowest BCUT2D eigenvalue weighted by Gasteiger charge is -2.33. The smallest absolute Gasteiger partial charge is 0.260 e. The van der Waals surface area contributed by atoms with Crippen LogP contribution in [0.15, 0.2) is 46.0 Å². The molecule has 4 rings (SSSR count). The molecule has 1 saturated heterocycles. The topological polar surface area (TPSA) is 75.7 Å². The molecule has 2 heterocycles. The molecule has 1 amide bonds. The maximum atomic E-state index is 12.6. The number of halogens is 1. The van der Waals surface area contributed by atoms with Gasteiger partial charge in [-0.05, 0) is 48.4 Å². The van der Waals surface area contributed by atoms with Crippen molar-refractivity contribution in [1.82, 2.24) is 9.62 Å². The molecule has 3 unspecified atom stereocenters. The molecule has 1 aromatic heterocycles. The highest BCUT2D eigenvalue weighted by Crippen LogP contribution is 2.38. The van der Waals surface area contributed by atoms with Crippen LogP contribution in [0.4, 0.5) is 0 Å². The molecule has 2 bridgehead atoms. The summed E-state index contributed by atoms with van der Waals surface area (Å²) in [7, 11) is -3.55. The Hall–Kier alpha value is -1.61. The number of thiophene rings is 1. The first-order chi connectivity index (χ1) is 12.9. The zero-order valence-corrected chi connectivity index (χ0v) is 16.8. The molecule has 2 aromatic rings. The molecule has 2 aliphatic rings. The van der Waals surface area contributed by atoms with Gasteiger partial charge >= 0.3 is 0 Å². The van der Waals surface area contributed by atoms with E-state index in [1.807, 2.05) is 0 Å². The fraction of sp³-hybridized carbons (Fsp3) is 0.389. The van der Waals surface area contributed by atoms with Crippen molar-refractivity contribution in [3.63, 3.8) is 0 Å². The van der Waals surface area contributed by atoms with Crippen LogP contribution in [0.1, 0.15) is 12.8 Å². The van der Waals surface area contributed by atoms with Gasteiger partial charge in [0.15, 0.2) is 6.61 Å². The van der Waals surface area contributed by atoms with E-state index in [1.54, 1.807) is 46.7 Å². The number of carbonyl (C=O) groups is 1. The van der Waals surface area contributed by atoms with E-state index in [0.29, 0.717) is 27.4 Å². The first-order valence-electron chi connectivity index (χ1n) is 8.66. The predicted octanol–water partition coefficient (Wildman–Crippen LogP) is 2.75. The van der Waals surface area contributed by atoms with Gasteiger partial charge < -0.3 is 9.64 Å². The highest BCUT2D eigenvalue weighted by atomic mass is 35.5. The number of nitrogens with zero attached hydrogens (tertiary/aromatic N) is 1. The number of ether oxygens (including phenoxy) is 1. The van der Waals surface area contributed by atoms with Gasteiger partial charge in [-0.3, -0.25) is 4.79 Å². The average Bonchev–Trinajstić information content (AvgIpc) is 3.36. The minimum atomic E-state index is -3.55. The number of carbonyl (C=O) groups excluding carboxylic acids is 1. The van der Waals surface area contributed by atoms with Crippen molar-refractivity contribution in [2.75, 3.05) is 13.2 Å². The van der Waals surface area contributed by atoms with Crippen molar-refractivity contribution >= 4 is 38.9 Å². The first-order valence-corrected chi connectivity index (χ1v) is 11.4. The van der Waals surface area contributed by atoms with Crippen molar-refractivity contribution in [1.29, 1.82) is 0 Å². The molecule has 1 aromatic carbocycles. The number of hydrogen-bond acceptors (Lipinski definition) is 5. The molecular weight excluding hydrogens is 408 g/mol. The number of piperidine rings is 1. The summed E-state index contributed by atoms with van der Waals surface area (Å²) in [5, 5.41) is 2.28. The van der Waals surface area contributed by atoms with Crippen LogP contribution in [-0.4, -0.2) is 44.5 Å². The predicted molar refractivity (Wildman–Crippen MR) is 104 cm³/mol. The van der Waals surface area contributed by atoms with Gasteiger partial charge in [0.1, 0.15) is 9.96 Å². The largest absolute Gasteiger partial charge is 0.484 e. The lowest BCUT2D eigenvalue weighted by Crippen LogP contribution is -2.52. The number of benzene rings is 1. The molecule has 1 N–H and O–H groups in total. The monoisotopic (exact) mass is 426 g/mol. The van der Waals surface area contributed by atoms with E-state index in [1.165, 1.54) is 11.3 Å². The van der Waals surface area contributed by atoms with Crippen LogP contribution < -0.4 is 9.46 Å². The number of hydrogen-bond donors (Lipinski definition) is 1. The zero-order valence-electron chi connectivity index (χ0n) is 14.4. The van der Waals surface area contributed by atoms with Crippen LogP contribution in [0.2, 0.25) is 5.02 Å². The minimum Gasteiger partial charge on any atom is -0.484 e. The normalized spacial score (nSPS) is 24.3. The molecule has 0 spiro atoms. The second-order valence-electron chi connectivity index (χ2n) is 6.86. The van der Waals surface area contributed by atoms with Gasteiger partial charge in [0.25, 0.3) is 5.91 Å². The molecule has 6 nitrogen and oxygen atoms in total. The van der Waals surface area contributed by atoms with Crippen molar-refractivity contribution in [2.24, 2.45) is 5.92 Å². The lowest BCUT2D eigenvalue weighted by atomic mass is 10.1. The maximum Gasteiger partial charge on any atom is 0.260 e. The van der Waals surface area contributed by atoms with Gasteiger partial charge in [-0.25, -0.2) is 13.1 Å². The zero-order chi connectivity index (χ0) is 19.0. The summed E-state index contributed by atoms with van der Waals surface area (Å²) in [6.07, 6.45) is 1.58. The molecule has 1 aliphatic heterocycles. The fourth-order valence-corrected chi connectivity index (χ4v) is 6.37. The Morgan fingerprint density at radius 1 is 1.30 bits per heavy atom. The third-order valence-corrected chi connectivity index (χ3v) is 8.15. The van der Waals surface area contributed by atoms with E-state index in [2.05, 4.69) is 4.72 Å². The SMILES string of the molecule is O=C(COc1cccc(Cl)c1)N1CC2CC(NS(=O)(=O)c3cccs3)C1C2. The van der Waals surface area contributed by atoms with Crippen molar-refractivity contribution in [3.8, 4) is 5.75 Å². The molecule has 3 atom stereocenters. The van der Waals surface area contributed by atoms with E-state index < -0.39 is 10.0 Å². The number of likely N-dealkylation sites (tertiary alicyclic amines) is 1. The summed E-state index contributed by atoms with van der Waals surface area (Å²) < 4.78 is 33.6.